The lowest BCUT2D eigenvalue weighted by molar-refractivity contribution is 0.117. The van der Waals surface area contributed by atoms with Crippen molar-refractivity contribution in [2.24, 2.45) is 0 Å². The van der Waals surface area contributed by atoms with Crippen molar-refractivity contribution < 1.29 is 14.6 Å². The predicted molar refractivity (Wildman–Crippen MR) is 71.9 cm³/mol. The number of ether oxygens (including phenoxy) is 2. The first-order valence-electron chi connectivity index (χ1n) is 6.17. The minimum absolute atomic E-state index is 0.469. The Hall–Kier alpha value is -1.10. The zero-order valence-electron chi connectivity index (χ0n) is 11.4. The highest BCUT2D eigenvalue weighted by Gasteiger charge is 2.10. The molecule has 0 aromatic heterocycles. The van der Waals surface area contributed by atoms with Gasteiger partial charge in [0, 0.05) is 26.8 Å². The maximum Gasteiger partial charge on any atom is 0.118 e. The summed E-state index contributed by atoms with van der Waals surface area (Å²) in [5.41, 5.74) is 0.911. The van der Waals surface area contributed by atoms with Gasteiger partial charge in [-0.25, -0.2) is 0 Å². The summed E-state index contributed by atoms with van der Waals surface area (Å²) in [6.45, 7) is 2.29. The molecule has 1 atom stereocenters. The molecule has 1 aromatic rings. The molecule has 102 valence electrons. The maximum atomic E-state index is 10.1. The zero-order valence-corrected chi connectivity index (χ0v) is 11.4. The van der Waals surface area contributed by atoms with Crippen LogP contribution in [0.3, 0.4) is 0 Å². The number of benzene rings is 1. The van der Waals surface area contributed by atoms with E-state index >= 15 is 0 Å². The first kappa shape index (κ1) is 15.0. The smallest absolute Gasteiger partial charge is 0.118 e. The summed E-state index contributed by atoms with van der Waals surface area (Å²) in [4.78, 5) is 2.11. The van der Waals surface area contributed by atoms with Crippen LogP contribution in [0.15, 0.2) is 24.3 Å². The third-order valence-electron chi connectivity index (χ3n) is 2.87. The van der Waals surface area contributed by atoms with Crippen molar-refractivity contribution in [3.63, 3.8) is 0 Å². The second-order valence-electron chi connectivity index (χ2n) is 4.40. The number of aliphatic hydroxyl groups is 1. The van der Waals surface area contributed by atoms with E-state index in [4.69, 9.17) is 9.47 Å². The SMILES string of the molecule is COCCCN(C)CC(O)c1ccc(OC)cc1. The highest BCUT2D eigenvalue weighted by atomic mass is 16.5. The third-order valence-corrected chi connectivity index (χ3v) is 2.87. The van der Waals surface area contributed by atoms with Gasteiger partial charge in [0.25, 0.3) is 0 Å². The summed E-state index contributed by atoms with van der Waals surface area (Å²) >= 11 is 0. The molecule has 1 N–H and O–H groups in total. The van der Waals surface area contributed by atoms with Gasteiger partial charge in [-0.1, -0.05) is 12.1 Å². The molecule has 0 aliphatic heterocycles. The van der Waals surface area contributed by atoms with E-state index in [1.807, 2.05) is 31.3 Å². The molecule has 1 rings (SSSR count). The first-order chi connectivity index (χ1) is 8.67. The van der Waals surface area contributed by atoms with E-state index in [1.165, 1.54) is 0 Å². The lowest BCUT2D eigenvalue weighted by Gasteiger charge is -2.20. The molecular formula is C14H23NO3. The van der Waals surface area contributed by atoms with Gasteiger partial charge in [0.2, 0.25) is 0 Å². The van der Waals surface area contributed by atoms with E-state index in [1.54, 1.807) is 14.2 Å². The van der Waals surface area contributed by atoms with E-state index < -0.39 is 6.10 Å². The lowest BCUT2D eigenvalue weighted by atomic mass is 10.1. The Morgan fingerprint density at radius 1 is 1.22 bits per heavy atom. The summed E-state index contributed by atoms with van der Waals surface area (Å²) in [6, 6.07) is 7.52. The fourth-order valence-corrected chi connectivity index (χ4v) is 1.80. The number of aliphatic hydroxyl groups excluding tert-OH is 1. The summed E-state index contributed by atoms with van der Waals surface area (Å²) < 4.78 is 10.1. The van der Waals surface area contributed by atoms with Crippen LogP contribution in [0.4, 0.5) is 0 Å². The van der Waals surface area contributed by atoms with Gasteiger partial charge in [-0.05, 0) is 31.2 Å². The number of nitrogens with zero attached hydrogens (tertiary/aromatic N) is 1. The topological polar surface area (TPSA) is 41.9 Å². The standard InChI is InChI=1S/C14H23NO3/c1-15(9-4-10-17-2)11-14(16)12-5-7-13(18-3)8-6-12/h5-8,14,16H,4,9-11H2,1-3H3. The van der Waals surface area contributed by atoms with Crippen molar-refractivity contribution in [3.05, 3.63) is 29.8 Å². The van der Waals surface area contributed by atoms with Crippen LogP contribution >= 0.6 is 0 Å². The van der Waals surface area contributed by atoms with Gasteiger partial charge in [-0.15, -0.1) is 0 Å². The molecule has 18 heavy (non-hydrogen) atoms. The largest absolute Gasteiger partial charge is 0.497 e. The van der Waals surface area contributed by atoms with Gasteiger partial charge in [0.15, 0.2) is 0 Å². The molecule has 0 aliphatic carbocycles. The second kappa shape index (κ2) is 8.08. The Morgan fingerprint density at radius 2 is 1.89 bits per heavy atom. The Morgan fingerprint density at radius 3 is 2.44 bits per heavy atom. The Labute approximate surface area is 109 Å². The molecule has 4 heteroatoms. The highest BCUT2D eigenvalue weighted by Crippen LogP contribution is 2.18. The average molecular weight is 253 g/mol. The Balaban J connectivity index is 2.40. The number of likely N-dealkylation sites (N-methyl/N-ethyl adjacent to an activating group) is 1. The number of hydrogen-bond donors (Lipinski definition) is 1. The molecule has 0 aliphatic rings. The number of methoxy groups -OCH3 is 2. The van der Waals surface area contributed by atoms with Crippen LogP contribution in [0.2, 0.25) is 0 Å². The van der Waals surface area contributed by atoms with E-state index in [0.717, 1.165) is 30.9 Å². The van der Waals surface area contributed by atoms with Crippen molar-refractivity contribution in [1.29, 1.82) is 0 Å². The third kappa shape index (κ3) is 5.04. The first-order valence-corrected chi connectivity index (χ1v) is 6.17. The van der Waals surface area contributed by atoms with E-state index in [-0.39, 0.29) is 0 Å². The van der Waals surface area contributed by atoms with Crippen LogP contribution in [-0.4, -0.2) is 51.0 Å². The van der Waals surface area contributed by atoms with Gasteiger partial charge >= 0.3 is 0 Å². The molecule has 0 bridgehead atoms. The number of hydrogen-bond acceptors (Lipinski definition) is 4. The fraction of sp³-hybridized carbons (Fsp3) is 0.571. The van der Waals surface area contributed by atoms with Crippen molar-refractivity contribution >= 4 is 0 Å². The van der Waals surface area contributed by atoms with Gasteiger partial charge in [0.05, 0.1) is 13.2 Å². The van der Waals surface area contributed by atoms with Crippen molar-refractivity contribution in [2.45, 2.75) is 12.5 Å². The normalized spacial score (nSPS) is 12.7. The molecule has 0 amide bonds. The molecule has 1 unspecified atom stereocenters. The summed E-state index contributed by atoms with van der Waals surface area (Å²) in [6.07, 6.45) is 0.506. The van der Waals surface area contributed by atoms with Crippen LogP contribution in [0, 0.1) is 0 Å². The average Bonchev–Trinajstić information content (AvgIpc) is 2.39. The van der Waals surface area contributed by atoms with E-state index in [9.17, 15) is 5.11 Å². The van der Waals surface area contributed by atoms with Gasteiger partial charge < -0.3 is 19.5 Å². The van der Waals surface area contributed by atoms with Crippen LogP contribution in [0.25, 0.3) is 0 Å². The van der Waals surface area contributed by atoms with Gasteiger partial charge in [-0.3, -0.25) is 0 Å². The minimum Gasteiger partial charge on any atom is -0.497 e. The zero-order chi connectivity index (χ0) is 13.4. The molecule has 4 nitrogen and oxygen atoms in total. The molecule has 0 heterocycles. The highest BCUT2D eigenvalue weighted by molar-refractivity contribution is 5.28. The maximum absolute atomic E-state index is 10.1. The molecule has 1 aromatic carbocycles. The van der Waals surface area contributed by atoms with E-state index in [2.05, 4.69) is 4.90 Å². The quantitative estimate of drug-likeness (QED) is 0.716. The Kier molecular flexibility index (Phi) is 6.72. The van der Waals surface area contributed by atoms with Crippen LogP contribution in [0.5, 0.6) is 5.75 Å². The summed E-state index contributed by atoms with van der Waals surface area (Å²) in [7, 11) is 5.34. The molecule has 0 radical (unpaired) electrons. The Bertz CT molecular complexity index is 326. The van der Waals surface area contributed by atoms with Crippen LogP contribution in [0.1, 0.15) is 18.1 Å². The molecule has 0 saturated carbocycles. The van der Waals surface area contributed by atoms with Crippen molar-refractivity contribution in [3.8, 4) is 5.75 Å². The second-order valence-corrected chi connectivity index (χ2v) is 4.40. The molecule has 0 fully saturated rings. The van der Waals surface area contributed by atoms with Gasteiger partial charge in [0.1, 0.15) is 5.75 Å². The predicted octanol–water partition coefficient (Wildman–Crippen LogP) is 1.70. The summed E-state index contributed by atoms with van der Waals surface area (Å²) in [5, 5.41) is 10.1. The minimum atomic E-state index is -0.469. The summed E-state index contributed by atoms with van der Waals surface area (Å²) in [5.74, 6) is 0.805. The number of rotatable bonds is 8. The fourth-order valence-electron chi connectivity index (χ4n) is 1.80. The van der Waals surface area contributed by atoms with E-state index in [0.29, 0.717) is 6.54 Å². The monoisotopic (exact) mass is 253 g/mol. The van der Waals surface area contributed by atoms with Crippen molar-refractivity contribution in [1.82, 2.24) is 4.90 Å². The lowest BCUT2D eigenvalue weighted by Crippen LogP contribution is -2.26. The van der Waals surface area contributed by atoms with Crippen LogP contribution in [-0.2, 0) is 4.74 Å². The van der Waals surface area contributed by atoms with Gasteiger partial charge in [-0.2, -0.15) is 0 Å². The van der Waals surface area contributed by atoms with Crippen LogP contribution < -0.4 is 4.74 Å². The van der Waals surface area contributed by atoms with Crippen molar-refractivity contribution in [2.75, 3.05) is 41.0 Å². The molecular weight excluding hydrogens is 230 g/mol. The molecule has 0 spiro atoms. The molecule has 0 saturated heterocycles.